The summed E-state index contributed by atoms with van der Waals surface area (Å²) < 4.78 is 0. The second-order valence-electron chi connectivity index (χ2n) is 9.16. The zero-order chi connectivity index (χ0) is 23.0. The van der Waals surface area contributed by atoms with Crippen LogP contribution in [0.1, 0.15) is 35.6 Å². The molecule has 2 fully saturated rings. The van der Waals surface area contributed by atoms with Crippen LogP contribution in [0.4, 0.5) is 16.2 Å². The van der Waals surface area contributed by atoms with Gasteiger partial charge in [0.05, 0.1) is 11.5 Å². The van der Waals surface area contributed by atoms with E-state index in [4.69, 9.17) is 0 Å². The van der Waals surface area contributed by atoms with Crippen molar-refractivity contribution in [3.8, 4) is 0 Å². The van der Waals surface area contributed by atoms with E-state index >= 15 is 0 Å². The summed E-state index contributed by atoms with van der Waals surface area (Å²) in [6.45, 7) is 5.13. The van der Waals surface area contributed by atoms with Gasteiger partial charge in [0.25, 0.3) is 0 Å². The summed E-state index contributed by atoms with van der Waals surface area (Å²) in [5, 5.41) is 3.09. The normalized spacial score (nSPS) is 19.3. The van der Waals surface area contributed by atoms with Crippen molar-refractivity contribution in [3.63, 3.8) is 0 Å². The maximum Gasteiger partial charge on any atom is 0.321 e. The first-order valence-corrected chi connectivity index (χ1v) is 11.6. The first-order chi connectivity index (χ1) is 16.0. The van der Waals surface area contributed by atoms with Crippen molar-refractivity contribution in [2.24, 2.45) is 5.41 Å². The van der Waals surface area contributed by atoms with Crippen molar-refractivity contribution in [2.45, 2.75) is 32.7 Å². The Morgan fingerprint density at radius 3 is 2.03 bits per heavy atom. The molecule has 3 aromatic carbocycles. The average Bonchev–Trinajstić information content (AvgIpc) is 2.85. The minimum absolute atomic E-state index is 0.0163. The molecule has 0 saturated carbocycles. The number of hydrogen-bond donors (Lipinski definition) is 1. The van der Waals surface area contributed by atoms with Gasteiger partial charge in [-0.15, -0.1) is 0 Å². The van der Waals surface area contributed by atoms with E-state index in [-0.39, 0.29) is 18.0 Å². The number of anilines is 2. The van der Waals surface area contributed by atoms with Crippen LogP contribution < -0.4 is 10.2 Å². The lowest BCUT2D eigenvalue weighted by molar-refractivity contribution is -0.144. The number of amides is 3. The van der Waals surface area contributed by atoms with Gasteiger partial charge in [-0.05, 0) is 55.5 Å². The Labute approximate surface area is 195 Å². The molecule has 1 N–H and O–H groups in total. The maximum atomic E-state index is 13.6. The van der Waals surface area contributed by atoms with E-state index in [1.165, 1.54) is 0 Å². The van der Waals surface area contributed by atoms with Crippen LogP contribution in [0.5, 0.6) is 0 Å². The summed E-state index contributed by atoms with van der Waals surface area (Å²) >= 11 is 0. The fraction of sp³-hybridized carbons (Fsp3) is 0.286. The molecule has 0 aliphatic carbocycles. The summed E-state index contributed by atoms with van der Waals surface area (Å²) in [7, 11) is 0. The highest BCUT2D eigenvalue weighted by Gasteiger charge is 2.62. The van der Waals surface area contributed by atoms with Crippen LogP contribution in [-0.4, -0.2) is 29.9 Å². The van der Waals surface area contributed by atoms with Crippen LogP contribution >= 0.6 is 0 Å². The fourth-order valence-electron chi connectivity index (χ4n) is 5.41. The number of piperidine rings is 1. The summed E-state index contributed by atoms with van der Waals surface area (Å²) in [4.78, 5) is 30.4. The van der Waals surface area contributed by atoms with Crippen LogP contribution in [0.3, 0.4) is 0 Å². The molecule has 5 nitrogen and oxygen atoms in total. The van der Waals surface area contributed by atoms with Gasteiger partial charge in [-0.2, -0.15) is 0 Å². The smallest absolute Gasteiger partial charge is 0.321 e. The number of likely N-dealkylation sites (tertiary alicyclic amines) is 1. The Hall–Kier alpha value is -3.60. The number of urea groups is 1. The lowest BCUT2D eigenvalue weighted by atomic mass is 9.62. The van der Waals surface area contributed by atoms with Crippen LogP contribution in [0.2, 0.25) is 0 Å². The van der Waals surface area contributed by atoms with Gasteiger partial charge < -0.3 is 15.1 Å². The van der Waals surface area contributed by atoms with Gasteiger partial charge in [0.2, 0.25) is 5.91 Å². The van der Waals surface area contributed by atoms with Crippen LogP contribution in [0, 0.1) is 19.3 Å². The Kier molecular flexibility index (Phi) is 5.41. The van der Waals surface area contributed by atoms with Crippen molar-refractivity contribution >= 4 is 23.3 Å². The molecular weight excluding hydrogens is 410 g/mol. The molecule has 5 rings (SSSR count). The van der Waals surface area contributed by atoms with E-state index in [1.807, 2.05) is 90.4 Å². The molecule has 2 aliphatic heterocycles. The average molecular weight is 440 g/mol. The molecule has 1 atom stereocenters. The number of rotatable bonds is 3. The Bertz CT molecular complexity index is 1150. The third kappa shape index (κ3) is 3.58. The molecule has 0 aromatic heterocycles. The predicted octanol–water partition coefficient (Wildman–Crippen LogP) is 5.71. The molecule has 0 radical (unpaired) electrons. The SMILES string of the molecule is Cc1cccc(C)c1NC(=O)N1CCC2(CC1)C(=O)N(c1ccccc1)C2c1ccccc1. The molecule has 0 bridgehead atoms. The lowest BCUT2D eigenvalue weighted by Gasteiger charge is -2.59. The second kappa shape index (κ2) is 8.39. The number of para-hydroxylation sites is 2. The van der Waals surface area contributed by atoms with Gasteiger partial charge in [0.1, 0.15) is 0 Å². The van der Waals surface area contributed by atoms with Crippen molar-refractivity contribution in [1.82, 2.24) is 4.90 Å². The summed E-state index contributed by atoms with van der Waals surface area (Å²) in [6, 6.07) is 26.1. The highest BCUT2D eigenvalue weighted by Crippen LogP contribution is 2.57. The second-order valence-corrected chi connectivity index (χ2v) is 9.16. The standard InChI is InChI=1S/C28H29N3O2/c1-20-10-9-11-21(2)24(20)29-27(33)30-18-16-28(17-19-30)25(22-12-5-3-6-13-22)31(26(28)32)23-14-7-4-8-15-23/h3-15,25H,16-19H2,1-2H3,(H,29,33). The maximum absolute atomic E-state index is 13.6. The zero-order valence-corrected chi connectivity index (χ0v) is 19.1. The molecule has 2 saturated heterocycles. The van der Waals surface area contributed by atoms with E-state index in [2.05, 4.69) is 17.4 Å². The first kappa shape index (κ1) is 21.3. The number of carbonyl (C=O) groups is 2. The molecule has 3 amide bonds. The minimum atomic E-state index is -0.466. The molecule has 2 aliphatic rings. The largest absolute Gasteiger partial charge is 0.324 e. The molecular formula is C28H29N3O2. The Morgan fingerprint density at radius 2 is 1.42 bits per heavy atom. The molecule has 168 valence electrons. The van der Waals surface area contributed by atoms with E-state index in [0.717, 1.165) is 28.1 Å². The molecule has 1 unspecified atom stereocenters. The number of nitrogens with one attached hydrogen (secondary N) is 1. The van der Waals surface area contributed by atoms with Gasteiger partial charge in [-0.25, -0.2) is 4.79 Å². The third-order valence-electron chi connectivity index (χ3n) is 7.23. The van der Waals surface area contributed by atoms with Crippen molar-refractivity contribution < 1.29 is 9.59 Å². The fourth-order valence-corrected chi connectivity index (χ4v) is 5.41. The van der Waals surface area contributed by atoms with Gasteiger partial charge >= 0.3 is 6.03 Å². The monoisotopic (exact) mass is 439 g/mol. The molecule has 5 heteroatoms. The quantitative estimate of drug-likeness (QED) is 0.532. The third-order valence-corrected chi connectivity index (χ3v) is 7.23. The van der Waals surface area contributed by atoms with E-state index in [0.29, 0.717) is 25.9 Å². The molecule has 1 spiro atoms. The molecule has 2 heterocycles. The molecule has 33 heavy (non-hydrogen) atoms. The van der Waals surface area contributed by atoms with Crippen LogP contribution in [0.25, 0.3) is 0 Å². The highest BCUT2D eigenvalue weighted by molar-refractivity contribution is 6.06. The number of nitrogens with zero attached hydrogens (tertiary/aromatic N) is 2. The Morgan fingerprint density at radius 1 is 0.848 bits per heavy atom. The first-order valence-electron chi connectivity index (χ1n) is 11.6. The van der Waals surface area contributed by atoms with E-state index < -0.39 is 5.41 Å². The van der Waals surface area contributed by atoms with Gasteiger partial charge in [-0.1, -0.05) is 66.7 Å². The summed E-state index contributed by atoms with van der Waals surface area (Å²) in [5.74, 6) is 0.164. The van der Waals surface area contributed by atoms with Crippen LogP contribution in [-0.2, 0) is 4.79 Å². The Balaban J connectivity index is 1.36. The van der Waals surface area contributed by atoms with Crippen molar-refractivity contribution in [2.75, 3.05) is 23.3 Å². The van der Waals surface area contributed by atoms with Crippen molar-refractivity contribution in [1.29, 1.82) is 0 Å². The van der Waals surface area contributed by atoms with Crippen molar-refractivity contribution in [3.05, 3.63) is 95.6 Å². The van der Waals surface area contributed by atoms with Gasteiger partial charge in [-0.3, -0.25) is 4.79 Å². The number of carbonyl (C=O) groups excluding carboxylic acids is 2. The topological polar surface area (TPSA) is 52.7 Å². The number of β-lactam (4-membered cyclic amide) rings is 1. The van der Waals surface area contributed by atoms with E-state index in [1.54, 1.807) is 0 Å². The minimum Gasteiger partial charge on any atom is -0.324 e. The summed E-state index contributed by atoms with van der Waals surface area (Å²) in [5.41, 5.74) is 4.58. The lowest BCUT2D eigenvalue weighted by Crippen LogP contribution is -2.67. The van der Waals surface area contributed by atoms with E-state index in [9.17, 15) is 9.59 Å². The summed E-state index contributed by atoms with van der Waals surface area (Å²) in [6.07, 6.45) is 1.32. The van der Waals surface area contributed by atoms with Gasteiger partial charge in [0.15, 0.2) is 0 Å². The number of aryl methyl sites for hydroxylation is 2. The predicted molar refractivity (Wildman–Crippen MR) is 131 cm³/mol. The number of hydrogen-bond acceptors (Lipinski definition) is 2. The highest BCUT2D eigenvalue weighted by atomic mass is 16.2. The van der Waals surface area contributed by atoms with Crippen LogP contribution in [0.15, 0.2) is 78.9 Å². The number of benzene rings is 3. The van der Waals surface area contributed by atoms with Gasteiger partial charge in [0, 0.05) is 24.5 Å². The molecule has 3 aromatic rings. The zero-order valence-electron chi connectivity index (χ0n) is 19.1.